The standard InChI is InChI=1S/C33H28N10O5S3/c1-42-32(37-40-41-42)50-18-19-17-49-29-24(28(45)43(29)25(19)30(46)47)35-27(44)23(26-36-31(34)51-39-26)38-48-33(20-11-5-2-6-12-20,21-13-7-3-8-14-21)22-15-9-4-10-16-22/h2-16,24,29H,17-18H2,1H3,(H,35,44)(H,46,47)(H2,34,36,39)/t24?,29-/m1/s1. The van der Waals surface area contributed by atoms with E-state index in [4.69, 9.17) is 10.6 Å². The normalized spacial score (nSPS) is 17.5. The monoisotopic (exact) mass is 740 g/mol. The van der Waals surface area contributed by atoms with E-state index in [1.807, 2.05) is 91.0 Å². The molecule has 15 nitrogen and oxygen atoms in total. The molecule has 2 aliphatic rings. The van der Waals surface area contributed by atoms with E-state index in [9.17, 15) is 19.5 Å². The summed E-state index contributed by atoms with van der Waals surface area (Å²) in [6.45, 7) is 0. The van der Waals surface area contributed by atoms with Crippen LogP contribution in [0.4, 0.5) is 5.13 Å². The average Bonchev–Trinajstić information content (AvgIpc) is 3.78. The maximum atomic E-state index is 14.1. The van der Waals surface area contributed by atoms with Crippen molar-refractivity contribution < 1.29 is 24.3 Å². The smallest absolute Gasteiger partial charge is 0.352 e. The number of carboxylic acid groups (broad SMARTS) is 1. The molecule has 1 unspecified atom stereocenters. The highest BCUT2D eigenvalue weighted by Crippen LogP contribution is 2.42. The van der Waals surface area contributed by atoms with Crippen molar-refractivity contribution in [1.29, 1.82) is 0 Å². The van der Waals surface area contributed by atoms with Crippen LogP contribution in [-0.4, -0.2) is 86.0 Å². The van der Waals surface area contributed by atoms with Gasteiger partial charge >= 0.3 is 5.97 Å². The van der Waals surface area contributed by atoms with Gasteiger partial charge in [0, 0.05) is 46.8 Å². The van der Waals surface area contributed by atoms with Gasteiger partial charge in [0.1, 0.15) is 17.1 Å². The van der Waals surface area contributed by atoms with Gasteiger partial charge in [-0.15, -0.1) is 16.9 Å². The second kappa shape index (κ2) is 14.3. The number of amides is 2. The number of thioether (sulfide) groups is 2. The lowest BCUT2D eigenvalue weighted by atomic mass is 9.80. The van der Waals surface area contributed by atoms with Crippen molar-refractivity contribution >= 4 is 63.7 Å². The third-order valence-electron chi connectivity index (χ3n) is 8.18. The number of aryl methyl sites for hydroxylation is 1. The second-order valence-electron chi connectivity index (χ2n) is 11.3. The molecule has 2 amide bonds. The van der Waals surface area contributed by atoms with Gasteiger partial charge in [0.15, 0.2) is 5.13 Å². The largest absolute Gasteiger partial charge is 0.477 e. The Morgan fingerprint density at radius 2 is 1.65 bits per heavy atom. The van der Waals surface area contributed by atoms with Crippen LogP contribution in [0.3, 0.4) is 0 Å². The van der Waals surface area contributed by atoms with Crippen LogP contribution in [0.1, 0.15) is 22.5 Å². The second-order valence-corrected chi connectivity index (χ2v) is 14.1. The van der Waals surface area contributed by atoms with Crippen molar-refractivity contribution in [3.05, 3.63) is 125 Å². The number of hydrogen-bond donors (Lipinski definition) is 3. The number of β-lactam (4-membered cyclic amide) rings is 1. The number of carbonyl (C=O) groups excluding carboxylic acids is 2. The van der Waals surface area contributed by atoms with Gasteiger partial charge in [-0.1, -0.05) is 108 Å². The zero-order chi connectivity index (χ0) is 35.5. The summed E-state index contributed by atoms with van der Waals surface area (Å²) in [6.07, 6.45) is 0. The number of tetrazole rings is 1. The predicted octanol–water partition coefficient (Wildman–Crippen LogP) is 2.89. The van der Waals surface area contributed by atoms with Crippen LogP contribution in [0, 0.1) is 0 Å². The fourth-order valence-electron chi connectivity index (χ4n) is 5.81. The first-order chi connectivity index (χ1) is 24.8. The highest BCUT2D eigenvalue weighted by atomic mass is 32.2. The van der Waals surface area contributed by atoms with Gasteiger partial charge in [-0.3, -0.25) is 14.5 Å². The minimum absolute atomic E-state index is 0.0956. The third kappa shape index (κ3) is 6.44. The first-order valence-electron chi connectivity index (χ1n) is 15.4. The molecule has 0 aliphatic carbocycles. The molecule has 258 valence electrons. The predicted molar refractivity (Wildman–Crippen MR) is 190 cm³/mol. The summed E-state index contributed by atoms with van der Waals surface area (Å²) in [5.41, 5.74) is 6.89. The van der Waals surface area contributed by atoms with Crippen molar-refractivity contribution in [2.24, 2.45) is 12.2 Å². The molecule has 4 N–H and O–H groups in total. The highest BCUT2D eigenvalue weighted by molar-refractivity contribution is 8.01. The zero-order valence-corrected chi connectivity index (χ0v) is 29.1. The lowest BCUT2D eigenvalue weighted by Gasteiger charge is -2.49. The van der Waals surface area contributed by atoms with Gasteiger partial charge in [-0.05, 0) is 16.0 Å². The molecule has 5 aromatic rings. The Kier molecular flexibility index (Phi) is 9.52. The molecule has 2 aliphatic heterocycles. The van der Waals surface area contributed by atoms with Crippen LogP contribution in [0.15, 0.2) is 113 Å². The fraction of sp³-hybridized carbons (Fsp3) is 0.182. The topological polar surface area (TPSA) is 204 Å². The molecule has 4 heterocycles. The summed E-state index contributed by atoms with van der Waals surface area (Å²) in [5.74, 6) is -2.16. The van der Waals surface area contributed by atoms with Crippen LogP contribution in [-0.2, 0) is 31.9 Å². The minimum atomic E-state index is -1.32. The number of carboxylic acids is 1. The molecule has 1 fully saturated rings. The van der Waals surface area contributed by atoms with Crippen LogP contribution in [0.2, 0.25) is 0 Å². The maximum absolute atomic E-state index is 14.1. The number of nitrogens with two attached hydrogens (primary N) is 1. The zero-order valence-electron chi connectivity index (χ0n) is 26.7. The SMILES string of the molecule is Cn1nnnc1SCC1=C(C(=O)O)N2C(=O)C(NC(=O)C(=NOC(c3ccccc3)(c3ccccc3)c3ccccc3)c3nsc(N)n3)[C@H]2SC1. The van der Waals surface area contributed by atoms with Gasteiger partial charge in [0.2, 0.25) is 22.3 Å². The minimum Gasteiger partial charge on any atom is -0.477 e. The van der Waals surface area contributed by atoms with Gasteiger partial charge in [0.05, 0.1) is 0 Å². The van der Waals surface area contributed by atoms with E-state index < -0.39 is 34.8 Å². The molecule has 2 atom stereocenters. The number of anilines is 1. The summed E-state index contributed by atoms with van der Waals surface area (Å²) >= 11 is 3.47. The Morgan fingerprint density at radius 3 is 2.16 bits per heavy atom. The number of oxime groups is 1. The molecule has 0 spiro atoms. The number of aliphatic carboxylic acids is 1. The molecular formula is C33H28N10O5S3. The number of hydrogen-bond acceptors (Lipinski definition) is 14. The molecule has 1 saturated heterocycles. The lowest BCUT2D eigenvalue weighted by Crippen LogP contribution is -2.71. The Hall–Kier alpha value is -5.59. The number of nitrogens with one attached hydrogen (secondary N) is 1. The van der Waals surface area contributed by atoms with E-state index >= 15 is 0 Å². The van der Waals surface area contributed by atoms with E-state index in [2.05, 4.69) is 35.4 Å². The van der Waals surface area contributed by atoms with Crippen molar-refractivity contribution in [3.8, 4) is 0 Å². The van der Waals surface area contributed by atoms with Crippen LogP contribution < -0.4 is 11.1 Å². The van der Waals surface area contributed by atoms with Gasteiger partial charge < -0.3 is 21.0 Å². The van der Waals surface area contributed by atoms with Gasteiger partial charge in [-0.25, -0.2) is 9.48 Å². The molecule has 7 rings (SSSR count). The Labute approximate surface area is 303 Å². The number of nitrogen functional groups attached to an aromatic ring is 1. The Morgan fingerprint density at radius 1 is 1.04 bits per heavy atom. The Balaban J connectivity index is 1.21. The van der Waals surface area contributed by atoms with E-state index in [1.54, 1.807) is 7.05 Å². The number of aromatic nitrogens is 6. The number of carbonyl (C=O) groups is 3. The van der Waals surface area contributed by atoms with E-state index in [-0.39, 0.29) is 28.1 Å². The molecule has 51 heavy (non-hydrogen) atoms. The van der Waals surface area contributed by atoms with E-state index in [0.717, 1.165) is 28.2 Å². The third-order valence-corrected chi connectivity index (χ3v) is 11.2. The van der Waals surface area contributed by atoms with Crippen molar-refractivity contribution in [1.82, 2.24) is 39.8 Å². The fourth-order valence-corrected chi connectivity index (χ4v) is 8.57. The van der Waals surface area contributed by atoms with Crippen LogP contribution >= 0.6 is 35.1 Å². The summed E-state index contributed by atoms with van der Waals surface area (Å²) in [4.78, 5) is 52.0. The summed E-state index contributed by atoms with van der Waals surface area (Å²) in [6, 6.07) is 27.3. The first kappa shape index (κ1) is 33.9. The first-order valence-corrected chi connectivity index (χ1v) is 18.2. The van der Waals surface area contributed by atoms with Crippen molar-refractivity contribution in [2.75, 3.05) is 17.2 Å². The number of nitrogens with zero attached hydrogens (tertiary/aromatic N) is 8. The van der Waals surface area contributed by atoms with E-state index in [1.165, 1.54) is 33.1 Å². The molecule has 0 bridgehead atoms. The van der Waals surface area contributed by atoms with Crippen molar-refractivity contribution in [3.63, 3.8) is 0 Å². The Bertz CT molecular complexity index is 2050. The number of rotatable bonds is 12. The van der Waals surface area contributed by atoms with Crippen LogP contribution in [0.5, 0.6) is 0 Å². The molecule has 18 heteroatoms. The highest BCUT2D eigenvalue weighted by Gasteiger charge is 2.54. The molecule has 0 saturated carbocycles. The number of benzene rings is 3. The molecule has 2 aromatic heterocycles. The van der Waals surface area contributed by atoms with E-state index in [0.29, 0.717) is 16.5 Å². The number of fused-ring (bicyclic) bond motifs is 1. The molecule has 0 radical (unpaired) electrons. The lowest BCUT2D eigenvalue weighted by molar-refractivity contribution is -0.150. The average molecular weight is 741 g/mol. The maximum Gasteiger partial charge on any atom is 0.352 e. The summed E-state index contributed by atoms with van der Waals surface area (Å²) in [7, 11) is 1.68. The van der Waals surface area contributed by atoms with Crippen LogP contribution in [0.25, 0.3) is 0 Å². The van der Waals surface area contributed by atoms with Gasteiger partial charge in [0.25, 0.3) is 11.8 Å². The van der Waals surface area contributed by atoms with Gasteiger partial charge in [-0.2, -0.15) is 9.36 Å². The van der Waals surface area contributed by atoms with Crippen molar-refractivity contribution in [2.45, 2.75) is 22.2 Å². The molecule has 3 aromatic carbocycles. The summed E-state index contributed by atoms with van der Waals surface area (Å²) in [5, 5.41) is 28.5. The molecular weight excluding hydrogens is 713 g/mol. The summed E-state index contributed by atoms with van der Waals surface area (Å²) < 4.78 is 5.71. The quantitative estimate of drug-likeness (QED) is 0.0554.